The topological polar surface area (TPSA) is 62.0 Å². The first-order valence-electron chi connectivity index (χ1n) is 9.75. The lowest BCUT2D eigenvalue weighted by Crippen LogP contribution is -2.44. The fourth-order valence-corrected chi connectivity index (χ4v) is 3.83. The van der Waals surface area contributed by atoms with Crippen LogP contribution in [0.5, 0.6) is 0 Å². The molecule has 1 aliphatic heterocycles. The average molecular weight is 391 g/mol. The third-order valence-electron chi connectivity index (χ3n) is 4.53. The fraction of sp³-hybridized carbons (Fsp3) is 0.550. The van der Waals surface area contributed by atoms with E-state index in [2.05, 4.69) is 34.6 Å². The van der Waals surface area contributed by atoms with E-state index in [0.717, 1.165) is 70.5 Å². The molecule has 2 N–H and O–H groups in total. The largest absolute Gasteiger partial charge is 0.469 e. The second kappa shape index (κ2) is 11.1. The first-order chi connectivity index (χ1) is 13.3. The summed E-state index contributed by atoms with van der Waals surface area (Å²) in [5.74, 6) is 1.85. The van der Waals surface area contributed by atoms with Crippen molar-refractivity contribution in [1.29, 1.82) is 0 Å². The van der Waals surface area contributed by atoms with Crippen LogP contribution in [0.4, 0.5) is 0 Å². The summed E-state index contributed by atoms with van der Waals surface area (Å²) in [6, 6.07) is 8.31. The highest BCUT2D eigenvalue weighted by molar-refractivity contribution is 7.11. The highest BCUT2D eigenvalue weighted by Gasteiger charge is 2.10. The number of aryl methyl sites for hydroxylation is 1. The van der Waals surface area contributed by atoms with Crippen LogP contribution in [0.1, 0.15) is 22.4 Å². The van der Waals surface area contributed by atoms with E-state index in [4.69, 9.17) is 14.1 Å². The lowest BCUT2D eigenvalue weighted by molar-refractivity contribution is 0.0389. The number of nitrogens with one attached hydrogen (secondary N) is 2. The number of hydrogen-bond acceptors (Lipinski definition) is 5. The molecule has 1 aliphatic rings. The molecule has 0 radical (unpaired) electrons. The van der Waals surface area contributed by atoms with E-state index >= 15 is 0 Å². The van der Waals surface area contributed by atoms with Crippen LogP contribution in [0.15, 0.2) is 39.9 Å². The van der Waals surface area contributed by atoms with Crippen LogP contribution < -0.4 is 10.6 Å². The molecule has 6 nitrogen and oxygen atoms in total. The second-order valence-corrected chi connectivity index (χ2v) is 7.78. The Morgan fingerprint density at radius 3 is 2.70 bits per heavy atom. The quantitative estimate of drug-likeness (QED) is 0.509. The first kappa shape index (κ1) is 19.9. The predicted molar refractivity (Wildman–Crippen MR) is 111 cm³/mol. The van der Waals surface area contributed by atoms with Crippen LogP contribution >= 0.6 is 11.3 Å². The number of guanidine groups is 1. The van der Waals surface area contributed by atoms with Crippen LogP contribution in [-0.2, 0) is 24.1 Å². The van der Waals surface area contributed by atoms with Gasteiger partial charge in [-0.25, -0.2) is 4.99 Å². The van der Waals surface area contributed by atoms with E-state index in [0.29, 0.717) is 6.54 Å². The lowest BCUT2D eigenvalue weighted by Gasteiger charge is -2.26. The third-order valence-corrected chi connectivity index (χ3v) is 5.74. The molecule has 1 saturated heterocycles. The van der Waals surface area contributed by atoms with Crippen molar-refractivity contribution in [2.45, 2.75) is 26.3 Å². The number of nitrogens with zero attached hydrogens (tertiary/aromatic N) is 2. The van der Waals surface area contributed by atoms with Gasteiger partial charge in [-0.2, -0.15) is 0 Å². The van der Waals surface area contributed by atoms with Crippen molar-refractivity contribution in [2.24, 2.45) is 4.99 Å². The molecule has 0 bridgehead atoms. The Kier molecular flexibility index (Phi) is 8.20. The molecule has 0 aromatic carbocycles. The Balaban J connectivity index is 1.48. The highest BCUT2D eigenvalue weighted by Crippen LogP contribution is 2.17. The predicted octanol–water partition coefficient (Wildman–Crippen LogP) is 2.51. The average Bonchev–Trinajstić information content (AvgIpc) is 3.38. The smallest absolute Gasteiger partial charge is 0.191 e. The van der Waals surface area contributed by atoms with Crippen molar-refractivity contribution in [1.82, 2.24) is 15.5 Å². The van der Waals surface area contributed by atoms with Crippen molar-refractivity contribution in [3.05, 3.63) is 46.0 Å². The molecule has 2 aromatic heterocycles. The van der Waals surface area contributed by atoms with Crippen molar-refractivity contribution in [2.75, 3.05) is 45.9 Å². The number of aliphatic imine (C=N–C) groups is 1. The van der Waals surface area contributed by atoms with Crippen LogP contribution in [0, 0.1) is 0 Å². The maximum Gasteiger partial charge on any atom is 0.191 e. The second-order valence-electron chi connectivity index (χ2n) is 6.52. The number of hydrogen-bond donors (Lipinski definition) is 2. The number of ether oxygens (including phenoxy) is 1. The van der Waals surface area contributed by atoms with Gasteiger partial charge < -0.3 is 19.8 Å². The molecule has 3 rings (SSSR count). The molecule has 0 saturated carbocycles. The maximum absolute atomic E-state index is 5.41. The van der Waals surface area contributed by atoms with Gasteiger partial charge in [0, 0.05) is 48.9 Å². The van der Waals surface area contributed by atoms with Crippen molar-refractivity contribution >= 4 is 17.3 Å². The summed E-state index contributed by atoms with van der Waals surface area (Å²) in [6.07, 6.45) is 3.64. The monoisotopic (exact) mass is 390 g/mol. The molecule has 0 atom stereocenters. The third kappa shape index (κ3) is 7.01. The van der Waals surface area contributed by atoms with Gasteiger partial charge in [0.2, 0.25) is 0 Å². The number of rotatable bonds is 9. The molecule has 0 aliphatic carbocycles. The van der Waals surface area contributed by atoms with E-state index in [1.807, 2.05) is 23.5 Å². The summed E-state index contributed by atoms with van der Waals surface area (Å²) in [5, 5.41) is 6.90. The zero-order chi connectivity index (χ0) is 18.7. The first-order valence-corrected chi connectivity index (χ1v) is 10.6. The molecule has 0 spiro atoms. The van der Waals surface area contributed by atoms with Gasteiger partial charge in [0.05, 0.1) is 26.0 Å². The number of furan rings is 1. The highest BCUT2D eigenvalue weighted by atomic mass is 32.1. The normalized spacial score (nSPS) is 15.8. The molecule has 27 heavy (non-hydrogen) atoms. The minimum atomic E-state index is 0.707. The van der Waals surface area contributed by atoms with E-state index in [1.54, 1.807) is 6.26 Å². The zero-order valence-electron chi connectivity index (χ0n) is 16.1. The van der Waals surface area contributed by atoms with E-state index < -0.39 is 0 Å². The Labute approximate surface area is 165 Å². The van der Waals surface area contributed by atoms with Crippen molar-refractivity contribution in [3.8, 4) is 0 Å². The summed E-state index contributed by atoms with van der Waals surface area (Å²) in [6.45, 7) is 9.25. The Morgan fingerprint density at radius 2 is 1.96 bits per heavy atom. The van der Waals surface area contributed by atoms with Crippen LogP contribution in [0.3, 0.4) is 0 Å². The molecule has 148 valence electrons. The zero-order valence-corrected chi connectivity index (χ0v) is 16.9. The van der Waals surface area contributed by atoms with E-state index in [1.165, 1.54) is 9.75 Å². The molecular formula is C20H30N4O2S. The fourth-order valence-electron chi connectivity index (χ4n) is 2.94. The summed E-state index contributed by atoms with van der Waals surface area (Å²) in [5.41, 5.74) is 0. The Hall–Kier alpha value is -1.83. The summed E-state index contributed by atoms with van der Waals surface area (Å²) < 4.78 is 10.8. The van der Waals surface area contributed by atoms with Crippen LogP contribution in [0.25, 0.3) is 0 Å². The summed E-state index contributed by atoms with van der Waals surface area (Å²) in [4.78, 5) is 9.90. The van der Waals surface area contributed by atoms with E-state index in [9.17, 15) is 0 Å². The van der Waals surface area contributed by atoms with Gasteiger partial charge >= 0.3 is 0 Å². The van der Waals surface area contributed by atoms with Gasteiger partial charge in [-0.3, -0.25) is 4.90 Å². The molecule has 0 amide bonds. The molecular weight excluding hydrogens is 360 g/mol. The molecule has 7 heteroatoms. The Bertz CT molecular complexity index is 678. The summed E-state index contributed by atoms with van der Waals surface area (Å²) >= 11 is 1.84. The van der Waals surface area contributed by atoms with Crippen LogP contribution in [0.2, 0.25) is 0 Å². The number of morpholine rings is 1. The number of thiophene rings is 1. The van der Waals surface area contributed by atoms with Gasteiger partial charge in [0.25, 0.3) is 0 Å². The van der Waals surface area contributed by atoms with Gasteiger partial charge in [-0.1, -0.05) is 6.92 Å². The molecule has 2 aromatic rings. The SMILES string of the molecule is CCc1ccc(CN=C(NCCc2ccco2)NCCN2CCOCC2)s1. The minimum absolute atomic E-state index is 0.707. The maximum atomic E-state index is 5.41. The summed E-state index contributed by atoms with van der Waals surface area (Å²) in [7, 11) is 0. The lowest BCUT2D eigenvalue weighted by atomic mass is 10.3. The van der Waals surface area contributed by atoms with Crippen LogP contribution in [-0.4, -0.2) is 56.8 Å². The van der Waals surface area contributed by atoms with Gasteiger partial charge in [0.1, 0.15) is 5.76 Å². The molecule has 3 heterocycles. The van der Waals surface area contributed by atoms with Gasteiger partial charge in [-0.15, -0.1) is 11.3 Å². The van der Waals surface area contributed by atoms with Crippen molar-refractivity contribution in [3.63, 3.8) is 0 Å². The Morgan fingerprint density at radius 1 is 1.15 bits per heavy atom. The van der Waals surface area contributed by atoms with Gasteiger partial charge in [-0.05, 0) is 30.7 Å². The minimum Gasteiger partial charge on any atom is -0.469 e. The van der Waals surface area contributed by atoms with Gasteiger partial charge in [0.15, 0.2) is 5.96 Å². The molecule has 1 fully saturated rings. The van der Waals surface area contributed by atoms with E-state index in [-0.39, 0.29) is 0 Å². The van der Waals surface area contributed by atoms with Crippen molar-refractivity contribution < 1.29 is 9.15 Å². The molecule has 0 unspecified atom stereocenters. The standard InChI is InChI=1S/C20H30N4O2S/c1-2-18-5-6-19(27-18)16-23-20(21-8-7-17-4-3-13-26-17)22-9-10-24-11-14-25-15-12-24/h3-6,13H,2,7-12,14-16H2,1H3,(H2,21,22,23).